The average Bonchev–Trinajstić information content (AvgIpc) is 3.07. The molecule has 0 amide bonds. The second-order valence-corrected chi connectivity index (χ2v) is 23.7. The highest BCUT2D eigenvalue weighted by Crippen LogP contribution is 2.64. The number of thiophene rings is 2. The summed E-state index contributed by atoms with van der Waals surface area (Å²) in [6, 6.07) is 109. The molecule has 17 rings (SSSR count). The fourth-order valence-electron chi connectivity index (χ4n) is 13.7. The van der Waals surface area contributed by atoms with Gasteiger partial charge in [-0.2, -0.15) is 0 Å². The maximum Gasteiger partial charge on any atom is 0.0726 e. The van der Waals surface area contributed by atoms with Gasteiger partial charge in [0.2, 0.25) is 0 Å². The molecule has 0 bridgehead atoms. The number of fused-ring (bicyclic) bond motifs is 17. The zero-order valence-corrected chi connectivity index (χ0v) is 45.6. The Labute approximate surface area is 478 Å². The summed E-state index contributed by atoms with van der Waals surface area (Å²) >= 11 is 3.73. The van der Waals surface area contributed by atoms with Gasteiger partial charge in [0.15, 0.2) is 0 Å². The zero-order chi connectivity index (χ0) is 53.2. The van der Waals surface area contributed by atoms with Crippen LogP contribution in [0.3, 0.4) is 0 Å². The Balaban J connectivity index is 0.889. The Morgan fingerprint density at radius 3 is 1.22 bits per heavy atom. The molecule has 0 saturated carbocycles. The SMILES string of the molecule is c1ccc(-c2ccc(N(c3ccc4c(c3)C3(c5ccccc5-c5ccccc53)c3cc5cc(N(c6ccc(-c7ccccc7)cc6)c6cccc7sc8ccccc8c67)ccc5cc3-4)c3cccc4sc5ccccc5c34)cc2)cc1. The topological polar surface area (TPSA) is 6.48 Å². The molecule has 0 aliphatic heterocycles. The van der Waals surface area contributed by atoms with Crippen LogP contribution in [0.1, 0.15) is 22.3 Å². The molecule has 0 saturated heterocycles. The van der Waals surface area contributed by atoms with Crippen LogP contribution in [-0.2, 0) is 5.41 Å². The van der Waals surface area contributed by atoms with Crippen molar-refractivity contribution in [2.24, 2.45) is 0 Å². The van der Waals surface area contributed by atoms with E-state index in [4.69, 9.17) is 0 Å². The summed E-state index contributed by atoms with van der Waals surface area (Å²) in [7, 11) is 0. The molecule has 15 aromatic rings. The van der Waals surface area contributed by atoms with E-state index >= 15 is 0 Å². The van der Waals surface area contributed by atoms with Crippen molar-refractivity contribution in [1.29, 1.82) is 0 Å². The van der Waals surface area contributed by atoms with Crippen molar-refractivity contribution in [2.75, 3.05) is 9.80 Å². The van der Waals surface area contributed by atoms with E-state index in [0.717, 1.165) is 28.4 Å². The maximum absolute atomic E-state index is 2.54. The average molecular weight is 1070 g/mol. The van der Waals surface area contributed by atoms with Crippen LogP contribution >= 0.6 is 22.7 Å². The molecule has 2 nitrogen and oxygen atoms in total. The Bertz CT molecular complexity index is 4950. The number of nitrogens with zero attached hydrogens (tertiary/aromatic N) is 2. The molecule has 13 aromatic carbocycles. The molecule has 378 valence electrons. The quantitative estimate of drug-likeness (QED) is 0.150. The van der Waals surface area contributed by atoms with Crippen LogP contribution in [0.4, 0.5) is 34.1 Å². The van der Waals surface area contributed by atoms with Crippen molar-refractivity contribution in [3.8, 4) is 44.5 Å². The van der Waals surface area contributed by atoms with E-state index in [2.05, 4.69) is 301 Å². The Kier molecular flexibility index (Phi) is 10.3. The molecule has 2 aliphatic rings. The minimum Gasteiger partial charge on any atom is -0.310 e. The van der Waals surface area contributed by atoms with Gasteiger partial charge in [0, 0.05) is 63.1 Å². The number of rotatable bonds is 8. The number of anilines is 6. The summed E-state index contributed by atoms with van der Waals surface area (Å²) in [5.74, 6) is 0. The first-order valence-electron chi connectivity index (χ1n) is 27.8. The zero-order valence-electron chi connectivity index (χ0n) is 43.9. The molecule has 0 N–H and O–H groups in total. The fraction of sp³-hybridized carbons (Fsp3) is 0.0130. The molecular weight excluding hydrogens is 1020 g/mol. The van der Waals surface area contributed by atoms with Crippen LogP contribution in [0.25, 0.3) is 95.6 Å². The minimum absolute atomic E-state index is 0.601. The van der Waals surface area contributed by atoms with Gasteiger partial charge in [-0.25, -0.2) is 0 Å². The van der Waals surface area contributed by atoms with Crippen molar-refractivity contribution >= 4 is 108 Å². The van der Waals surface area contributed by atoms with Crippen LogP contribution in [0.5, 0.6) is 0 Å². The highest BCUT2D eigenvalue weighted by atomic mass is 32.1. The van der Waals surface area contributed by atoms with Gasteiger partial charge < -0.3 is 9.80 Å². The maximum atomic E-state index is 2.54. The van der Waals surface area contributed by atoms with E-state index in [1.165, 1.54) is 124 Å². The third-order valence-electron chi connectivity index (χ3n) is 17.2. The Hall–Kier alpha value is -9.84. The van der Waals surface area contributed by atoms with Crippen LogP contribution in [0.15, 0.2) is 291 Å². The fourth-order valence-corrected chi connectivity index (χ4v) is 16.0. The first-order valence-corrected chi connectivity index (χ1v) is 29.4. The van der Waals surface area contributed by atoms with E-state index in [9.17, 15) is 0 Å². The summed E-state index contributed by atoms with van der Waals surface area (Å²) in [4.78, 5) is 5.00. The van der Waals surface area contributed by atoms with Crippen molar-refractivity contribution < 1.29 is 0 Å². The normalized spacial score (nSPS) is 12.8. The molecular formula is C77H48N2S2. The molecule has 2 aliphatic carbocycles. The number of benzene rings is 13. The van der Waals surface area contributed by atoms with E-state index in [-0.39, 0.29) is 0 Å². The monoisotopic (exact) mass is 1060 g/mol. The molecule has 2 heterocycles. The smallest absolute Gasteiger partial charge is 0.0726 e. The summed E-state index contributed by atoms with van der Waals surface area (Å²) in [6.45, 7) is 0. The van der Waals surface area contributed by atoms with Crippen LogP contribution in [0, 0.1) is 0 Å². The lowest BCUT2D eigenvalue weighted by atomic mass is 9.70. The molecule has 4 heteroatoms. The lowest BCUT2D eigenvalue weighted by Crippen LogP contribution is -2.26. The van der Waals surface area contributed by atoms with E-state index in [1.54, 1.807) is 0 Å². The second-order valence-electron chi connectivity index (χ2n) is 21.5. The van der Waals surface area contributed by atoms with Crippen LogP contribution < -0.4 is 9.80 Å². The van der Waals surface area contributed by atoms with Gasteiger partial charge in [-0.3, -0.25) is 0 Å². The van der Waals surface area contributed by atoms with Crippen LogP contribution in [-0.4, -0.2) is 0 Å². The van der Waals surface area contributed by atoms with Crippen molar-refractivity contribution in [3.05, 3.63) is 313 Å². The molecule has 0 fully saturated rings. The first kappa shape index (κ1) is 46.1. The summed E-state index contributed by atoms with van der Waals surface area (Å²) < 4.78 is 5.13. The minimum atomic E-state index is -0.601. The molecule has 0 radical (unpaired) electrons. The molecule has 1 spiro atoms. The molecule has 81 heavy (non-hydrogen) atoms. The van der Waals surface area contributed by atoms with Gasteiger partial charge in [0.25, 0.3) is 0 Å². The van der Waals surface area contributed by atoms with Crippen LogP contribution in [0.2, 0.25) is 0 Å². The third-order valence-corrected chi connectivity index (χ3v) is 19.5. The summed E-state index contributed by atoms with van der Waals surface area (Å²) in [5.41, 5.74) is 21.3. The first-order chi connectivity index (χ1) is 40.2. The molecule has 0 atom stereocenters. The van der Waals surface area contributed by atoms with Gasteiger partial charge in [0.1, 0.15) is 0 Å². The highest BCUT2D eigenvalue weighted by Gasteiger charge is 2.52. The van der Waals surface area contributed by atoms with Crippen molar-refractivity contribution in [2.45, 2.75) is 5.41 Å². The van der Waals surface area contributed by atoms with E-state index < -0.39 is 5.41 Å². The predicted molar refractivity (Wildman–Crippen MR) is 346 cm³/mol. The van der Waals surface area contributed by atoms with Gasteiger partial charge in [-0.15, -0.1) is 22.7 Å². The Morgan fingerprint density at radius 1 is 0.247 bits per heavy atom. The van der Waals surface area contributed by atoms with Gasteiger partial charge in [-0.1, -0.05) is 194 Å². The Morgan fingerprint density at radius 2 is 0.667 bits per heavy atom. The standard InChI is InChI=1S/C77H48N2S2/c1-3-17-49(18-4-1)51-33-38-55(39-34-51)78(69-27-15-31-73-75(69)62-23-9-13-29-71(62)80-73)57-42-37-53-46-64-61-44-43-58(48-68(61)77(67(64)47-54(53)45-57)65-25-11-7-21-59(65)60-22-8-12-26-66(60)77)79(56-40-35-52(36-41-56)50-19-5-2-6-20-50)70-28-16-32-74-76(70)63-24-10-14-30-72(63)81-74/h1-48H. The lowest BCUT2D eigenvalue weighted by molar-refractivity contribution is 0.795. The van der Waals surface area contributed by atoms with E-state index in [1.807, 2.05) is 22.7 Å². The summed E-state index contributed by atoms with van der Waals surface area (Å²) in [6.07, 6.45) is 0. The molecule has 0 unspecified atom stereocenters. The number of hydrogen-bond donors (Lipinski definition) is 0. The third kappa shape index (κ3) is 6.98. The van der Waals surface area contributed by atoms with Crippen molar-refractivity contribution in [3.63, 3.8) is 0 Å². The lowest BCUT2D eigenvalue weighted by Gasteiger charge is -2.32. The number of hydrogen-bond acceptors (Lipinski definition) is 4. The van der Waals surface area contributed by atoms with Crippen molar-refractivity contribution in [1.82, 2.24) is 0 Å². The van der Waals surface area contributed by atoms with Gasteiger partial charge in [0.05, 0.1) is 16.8 Å². The van der Waals surface area contributed by atoms with Gasteiger partial charge in [-0.05, 0) is 175 Å². The summed E-state index contributed by atoms with van der Waals surface area (Å²) in [5, 5.41) is 7.50. The van der Waals surface area contributed by atoms with E-state index in [0.29, 0.717) is 0 Å². The predicted octanol–water partition coefficient (Wildman–Crippen LogP) is 22.2. The largest absolute Gasteiger partial charge is 0.310 e. The highest BCUT2D eigenvalue weighted by molar-refractivity contribution is 7.26. The second kappa shape index (κ2) is 18.1. The van der Waals surface area contributed by atoms with Gasteiger partial charge >= 0.3 is 0 Å². The molecule has 2 aromatic heterocycles.